The van der Waals surface area contributed by atoms with Crippen molar-refractivity contribution < 1.29 is 28.6 Å². The summed E-state index contributed by atoms with van der Waals surface area (Å²) in [7, 11) is 0. The smallest absolute Gasteiger partial charge is 0.306 e. The number of carbonyl (C=O) groups excluding carboxylic acids is 3. The lowest BCUT2D eigenvalue weighted by Gasteiger charge is -2.18. The van der Waals surface area contributed by atoms with Gasteiger partial charge in [-0.15, -0.1) is 0 Å². The lowest BCUT2D eigenvalue weighted by Crippen LogP contribution is -2.30. The molecule has 430 valence electrons. The molecule has 1 atom stereocenters. The highest BCUT2D eigenvalue weighted by atomic mass is 16.6. The molecular formula is C71H110O6. The van der Waals surface area contributed by atoms with Gasteiger partial charge >= 0.3 is 17.9 Å². The maximum Gasteiger partial charge on any atom is 0.306 e. The largest absolute Gasteiger partial charge is 0.462 e. The highest BCUT2D eigenvalue weighted by Gasteiger charge is 2.19. The van der Waals surface area contributed by atoms with Crippen molar-refractivity contribution in [1.29, 1.82) is 0 Å². The first-order valence-corrected chi connectivity index (χ1v) is 30.6. The van der Waals surface area contributed by atoms with Crippen LogP contribution in [0.4, 0.5) is 0 Å². The Morgan fingerprint density at radius 1 is 0.273 bits per heavy atom. The number of hydrogen-bond donors (Lipinski definition) is 0. The molecule has 0 rings (SSSR count). The third kappa shape index (κ3) is 61.5. The molecule has 0 saturated carbocycles. The molecule has 6 nitrogen and oxygen atoms in total. The summed E-state index contributed by atoms with van der Waals surface area (Å²) >= 11 is 0. The summed E-state index contributed by atoms with van der Waals surface area (Å²) in [6.07, 6.45) is 93.5. The van der Waals surface area contributed by atoms with E-state index in [1.54, 1.807) is 0 Å². The van der Waals surface area contributed by atoms with Gasteiger partial charge in [-0.1, -0.05) is 242 Å². The Balaban J connectivity index is 4.50. The van der Waals surface area contributed by atoms with E-state index in [1.807, 2.05) is 0 Å². The van der Waals surface area contributed by atoms with Gasteiger partial charge in [0.05, 0.1) is 0 Å². The number of ether oxygens (including phenoxy) is 3. The van der Waals surface area contributed by atoms with E-state index in [1.165, 1.54) is 19.3 Å². The minimum Gasteiger partial charge on any atom is -0.462 e. The zero-order chi connectivity index (χ0) is 55.7. The van der Waals surface area contributed by atoms with Gasteiger partial charge in [0.15, 0.2) is 6.10 Å². The fourth-order valence-corrected chi connectivity index (χ4v) is 7.66. The van der Waals surface area contributed by atoms with Crippen molar-refractivity contribution in [2.24, 2.45) is 0 Å². The molecule has 0 aromatic rings. The van der Waals surface area contributed by atoms with Crippen molar-refractivity contribution in [3.8, 4) is 0 Å². The van der Waals surface area contributed by atoms with Gasteiger partial charge < -0.3 is 14.2 Å². The lowest BCUT2D eigenvalue weighted by molar-refractivity contribution is -0.167. The van der Waals surface area contributed by atoms with Crippen LogP contribution < -0.4 is 0 Å². The van der Waals surface area contributed by atoms with Gasteiger partial charge in [-0.25, -0.2) is 0 Å². The molecule has 0 bridgehead atoms. The molecular weight excluding hydrogens is 949 g/mol. The van der Waals surface area contributed by atoms with E-state index in [0.717, 1.165) is 173 Å². The summed E-state index contributed by atoms with van der Waals surface area (Å²) in [6, 6.07) is 0. The van der Waals surface area contributed by atoms with Gasteiger partial charge in [0.2, 0.25) is 0 Å². The van der Waals surface area contributed by atoms with Crippen LogP contribution in [0.1, 0.15) is 239 Å². The van der Waals surface area contributed by atoms with E-state index in [-0.39, 0.29) is 37.5 Å². The molecule has 0 aliphatic carbocycles. The average molecular weight is 1060 g/mol. The maximum absolute atomic E-state index is 12.9. The molecule has 0 aromatic carbocycles. The van der Waals surface area contributed by atoms with E-state index in [9.17, 15) is 14.4 Å². The van der Waals surface area contributed by atoms with E-state index < -0.39 is 6.10 Å². The van der Waals surface area contributed by atoms with Crippen LogP contribution in [0.3, 0.4) is 0 Å². The Labute approximate surface area is 472 Å². The van der Waals surface area contributed by atoms with E-state index in [0.29, 0.717) is 19.3 Å². The third-order valence-corrected chi connectivity index (χ3v) is 12.2. The highest BCUT2D eigenvalue weighted by molar-refractivity contribution is 5.71. The molecule has 0 spiro atoms. The number of rotatable bonds is 53. The second-order valence-corrected chi connectivity index (χ2v) is 19.5. The number of carbonyl (C=O) groups is 3. The lowest BCUT2D eigenvalue weighted by atomic mass is 10.1. The first-order valence-electron chi connectivity index (χ1n) is 30.6. The molecule has 0 radical (unpaired) electrons. The van der Waals surface area contributed by atoms with Crippen molar-refractivity contribution in [2.45, 2.75) is 245 Å². The number of esters is 3. The highest BCUT2D eigenvalue weighted by Crippen LogP contribution is 2.13. The Bertz CT molecular complexity index is 1790. The molecule has 0 aliphatic heterocycles. The van der Waals surface area contributed by atoms with Crippen LogP contribution in [0.2, 0.25) is 0 Å². The van der Waals surface area contributed by atoms with Crippen molar-refractivity contribution in [2.75, 3.05) is 13.2 Å². The van der Waals surface area contributed by atoms with E-state index >= 15 is 0 Å². The predicted octanol–water partition coefficient (Wildman–Crippen LogP) is 21.1. The molecule has 0 amide bonds. The molecule has 0 aromatic heterocycles. The van der Waals surface area contributed by atoms with Gasteiger partial charge in [-0.2, -0.15) is 0 Å². The van der Waals surface area contributed by atoms with Crippen LogP contribution >= 0.6 is 0 Å². The average Bonchev–Trinajstić information content (AvgIpc) is 3.43. The minimum atomic E-state index is -0.824. The summed E-state index contributed by atoms with van der Waals surface area (Å²) < 4.78 is 16.8. The van der Waals surface area contributed by atoms with Crippen LogP contribution in [-0.2, 0) is 28.6 Å². The molecule has 1 unspecified atom stereocenters. The molecule has 0 heterocycles. The summed E-state index contributed by atoms with van der Waals surface area (Å²) in [5.41, 5.74) is 0. The standard InChI is InChI=1S/C71H110O6/c1-4-7-10-13-16-19-22-25-27-29-31-33-34-35-36-38-39-41-43-46-49-52-55-58-61-64-70(73)76-67-68(66-75-69(72)63-60-57-54-51-48-45-24-21-18-15-12-9-6-3)77-71(74)65-62-59-56-53-50-47-44-42-40-37-32-30-28-26-23-20-17-14-11-8-5-2/h7-8,10-12,15-17,19-21,24-28,31-33,35-37,39,41-42,44,50,53,68H,4-6,9,13-14,18,22-23,29-30,34,38,40,43,45-49,51-52,54-67H2,1-3H3/b10-7-,11-8-,15-12-,19-16-,20-17-,24-21-,27-25-,28-26-,33-31-,36-35-,37-32-,41-39-,44-42-,53-50-. The summed E-state index contributed by atoms with van der Waals surface area (Å²) in [5, 5.41) is 0. The SMILES string of the molecule is CC/C=C\C/C=C\C/C=C\C/C=C\C/C=C\C/C=C\CCCCCCCCC(=O)OCC(COC(=O)CCCCCCC/C=C\C/C=C\CCC)OC(=O)CCCC/C=C\C/C=C\C/C=C\C/C=C\C/C=C\C/C=C\CC. The van der Waals surface area contributed by atoms with Crippen LogP contribution in [-0.4, -0.2) is 37.2 Å². The van der Waals surface area contributed by atoms with Crippen molar-refractivity contribution in [1.82, 2.24) is 0 Å². The molecule has 6 heteroatoms. The molecule has 0 saturated heterocycles. The predicted molar refractivity (Wildman–Crippen MR) is 334 cm³/mol. The minimum absolute atomic E-state index is 0.116. The fourth-order valence-electron chi connectivity index (χ4n) is 7.66. The number of hydrogen-bond acceptors (Lipinski definition) is 6. The van der Waals surface area contributed by atoms with Crippen LogP contribution in [0, 0.1) is 0 Å². The first kappa shape index (κ1) is 71.8. The number of allylic oxidation sites excluding steroid dienone is 28. The van der Waals surface area contributed by atoms with Crippen LogP contribution in [0.5, 0.6) is 0 Å². The fraction of sp³-hybridized carbons (Fsp3) is 0.563. The molecule has 0 fully saturated rings. The van der Waals surface area contributed by atoms with Gasteiger partial charge in [-0.3, -0.25) is 14.4 Å². The normalized spacial score (nSPS) is 13.3. The van der Waals surface area contributed by atoms with E-state index in [2.05, 4.69) is 191 Å². The molecule has 0 aliphatic rings. The monoisotopic (exact) mass is 1060 g/mol. The van der Waals surface area contributed by atoms with Gasteiger partial charge in [0, 0.05) is 19.3 Å². The third-order valence-electron chi connectivity index (χ3n) is 12.2. The van der Waals surface area contributed by atoms with Crippen LogP contribution in [0.15, 0.2) is 170 Å². The maximum atomic E-state index is 12.9. The Hall–Kier alpha value is -5.23. The quantitative estimate of drug-likeness (QED) is 0.0261. The Morgan fingerprint density at radius 2 is 0.506 bits per heavy atom. The Kier molecular flexibility index (Phi) is 59.0. The summed E-state index contributed by atoms with van der Waals surface area (Å²) in [4.78, 5) is 38.3. The Morgan fingerprint density at radius 3 is 0.818 bits per heavy atom. The summed E-state index contributed by atoms with van der Waals surface area (Å²) in [5.74, 6) is -0.996. The molecule has 0 N–H and O–H groups in total. The zero-order valence-corrected chi connectivity index (χ0v) is 49.1. The second-order valence-electron chi connectivity index (χ2n) is 19.5. The summed E-state index contributed by atoms with van der Waals surface area (Å²) in [6.45, 7) is 6.27. The first-order chi connectivity index (χ1) is 38.0. The van der Waals surface area contributed by atoms with Crippen LogP contribution in [0.25, 0.3) is 0 Å². The molecule has 77 heavy (non-hydrogen) atoms. The van der Waals surface area contributed by atoms with Gasteiger partial charge in [0.25, 0.3) is 0 Å². The van der Waals surface area contributed by atoms with Gasteiger partial charge in [0.1, 0.15) is 13.2 Å². The van der Waals surface area contributed by atoms with E-state index in [4.69, 9.17) is 14.2 Å². The van der Waals surface area contributed by atoms with Crippen molar-refractivity contribution in [3.05, 3.63) is 170 Å². The topological polar surface area (TPSA) is 78.9 Å². The number of unbranched alkanes of at least 4 members (excludes halogenated alkanes) is 14. The van der Waals surface area contributed by atoms with Crippen molar-refractivity contribution >= 4 is 17.9 Å². The zero-order valence-electron chi connectivity index (χ0n) is 49.1. The van der Waals surface area contributed by atoms with Gasteiger partial charge in [-0.05, 0) is 148 Å². The van der Waals surface area contributed by atoms with Crippen molar-refractivity contribution in [3.63, 3.8) is 0 Å². The second kappa shape index (κ2) is 63.3.